The second-order valence-electron chi connectivity index (χ2n) is 8.99. The minimum atomic E-state index is -4.94. The van der Waals surface area contributed by atoms with Crippen molar-refractivity contribution in [3.63, 3.8) is 0 Å². The van der Waals surface area contributed by atoms with E-state index in [0.717, 1.165) is 22.3 Å². The number of benzene rings is 2. The van der Waals surface area contributed by atoms with Crippen molar-refractivity contribution in [1.29, 1.82) is 0 Å². The van der Waals surface area contributed by atoms with E-state index >= 15 is 0 Å². The van der Waals surface area contributed by atoms with Gasteiger partial charge in [0, 0.05) is 12.5 Å². The number of carboxylic acids is 1. The number of carbonyl (C=O) groups excluding carboxylic acids is 2. The minimum absolute atomic E-state index is 0.0789. The Morgan fingerprint density at radius 1 is 1.03 bits per heavy atom. The number of hydrogen-bond donors (Lipinski definition) is 3. The molecule has 2 amide bonds. The summed E-state index contributed by atoms with van der Waals surface area (Å²) < 4.78 is 46.0. The second-order valence-corrected chi connectivity index (χ2v) is 8.99. The van der Waals surface area contributed by atoms with Crippen molar-refractivity contribution in [2.45, 2.75) is 43.3 Å². The zero-order chi connectivity index (χ0) is 25.2. The zero-order valence-corrected chi connectivity index (χ0v) is 18.7. The number of nitrogens with one attached hydrogen (secondary N) is 2. The van der Waals surface area contributed by atoms with Crippen molar-refractivity contribution >= 4 is 18.0 Å². The number of alkyl halides is 3. The Morgan fingerprint density at radius 2 is 1.60 bits per heavy atom. The first-order valence-electron chi connectivity index (χ1n) is 11.3. The SMILES string of the molecule is O=C(O)CC1(NC(=O)C(CNC(=O)OCC2c3ccccc3-c3ccccc32)C(F)(F)F)CCC1. The lowest BCUT2D eigenvalue weighted by Gasteiger charge is -2.42. The predicted octanol–water partition coefficient (Wildman–Crippen LogP) is 4.22. The normalized spacial score (nSPS) is 16.9. The molecule has 0 bridgehead atoms. The van der Waals surface area contributed by atoms with E-state index in [-0.39, 0.29) is 25.4 Å². The van der Waals surface area contributed by atoms with Crippen LogP contribution in [0.1, 0.15) is 42.7 Å². The van der Waals surface area contributed by atoms with Gasteiger partial charge >= 0.3 is 18.2 Å². The molecule has 35 heavy (non-hydrogen) atoms. The number of alkyl carbamates (subject to hydrolysis) is 1. The molecule has 1 atom stereocenters. The van der Waals surface area contributed by atoms with Crippen molar-refractivity contribution in [3.05, 3.63) is 59.7 Å². The molecule has 4 rings (SSSR count). The summed E-state index contributed by atoms with van der Waals surface area (Å²) in [4.78, 5) is 35.7. The Morgan fingerprint density at radius 3 is 2.09 bits per heavy atom. The summed E-state index contributed by atoms with van der Waals surface area (Å²) in [5.41, 5.74) is 2.75. The fourth-order valence-electron chi connectivity index (χ4n) is 4.78. The van der Waals surface area contributed by atoms with Gasteiger partial charge in [-0.05, 0) is 41.5 Å². The third-order valence-electron chi connectivity index (χ3n) is 6.69. The molecule has 0 saturated heterocycles. The molecule has 0 aromatic heterocycles. The lowest BCUT2D eigenvalue weighted by molar-refractivity contribution is -0.183. The molecule has 3 N–H and O–H groups in total. The maximum atomic E-state index is 13.6. The van der Waals surface area contributed by atoms with Crippen molar-refractivity contribution in [2.75, 3.05) is 13.2 Å². The Bertz CT molecular complexity index is 1080. The van der Waals surface area contributed by atoms with E-state index < -0.39 is 48.6 Å². The first-order valence-corrected chi connectivity index (χ1v) is 11.3. The monoisotopic (exact) mass is 490 g/mol. The maximum Gasteiger partial charge on any atom is 0.407 e. The number of hydrogen-bond acceptors (Lipinski definition) is 4. The molecule has 0 radical (unpaired) electrons. The van der Waals surface area contributed by atoms with E-state index in [0.29, 0.717) is 6.42 Å². The number of carboxylic acid groups (broad SMARTS) is 1. The van der Waals surface area contributed by atoms with Crippen LogP contribution in [0.25, 0.3) is 11.1 Å². The van der Waals surface area contributed by atoms with Gasteiger partial charge in [-0.3, -0.25) is 9.59 Å². The van der Waals surface area contributed by atoms with Gasteiger partial charge in [-0.25, -0.2) is 4.79 Å². The lowest BCUT2D eigenvalue weighted by Crippen LogP contribution is -2.58. The van der Waals surface area contributed by atoms with E-state index in [1.807, 2.05) is 53.8 Å². The van der Waals surface area contributed by atoms with Crippen LogP contribution < -0.4 is 10.6 Å². The van der Waals surface area contributed by atoms with Gasteiger partial charge in [-0.2, -0.15) is 13.2 Å². The summed E-state index contributed by atoms with van der Waals surface area (Å²) in [6.07, 6.45) is -5.27. The summed E-state index contributed by atoms with van der Waals surface area (Å²) in [6.45, 7) is -1.10. The molecule has 2 aliphatic rings. The Hall–Kier alpha value is -3.56. The molecule has 0 spiro atoms. The second kappa shape index (κ2) is 9.59. The molecule has 1 fully saturated rings. The summed E-state index contributed by atoms with van der Waals surface area (Å²) in [5, 5.41) is 13.3. The molecule has 0 aliphatic heterocycles. The van der Waals surface area contributed by atoms with Crippen LogP contribution in [0.4, 0.5) is 18.0 Å². The molecule has 186 valence electrons. The molecular weight excluding hydrogens is 465 g/mol. The van der Waals surface area contributed by atoms with Gasteiger partial charge in [-0.15, -0.1) is 0 Å². The highest BCUT2D eigenvalue weighted by atomic mass is 19.4. The largest absolute Gasteiger partial charge is 0.481 e. The average molecular weight is 490 g/mol. The number of carbonyl (C=O) groups is 3. The van der Waals surface area contributed by atoms with Crippen LogP contribution in [0.5, 0.6) is 0 Å². The fraction of sp³-hybridized carbons (Fsp3) is 0.400. The third kappa shape index (κ3) is 5.26. The van der Waals surface area contributed by atoms with Crippen molar-refractivity contribution < 1.29 is 37.4 Å². The first-order chi connectivity index (χ1) is 16.6. The van der Waals surface area contributed by atoms with Crippen molar-refractivity contribution in [3.8, 4) is 11.1 Å². The van der Waals surface area contributed by atoms with Crippen LogP contribution in [0.15, 0.2) is 48.5 Å². The van der Waals surface area contributed by atoms with E-state index in [9.17, 15) is 27.6 Å². The molecule has 2 aromatic rings. The molecule has 1 saturated carbocycles. The van der Waals surface area contributed by atoms with E-state index in [1.54, 1.807) is 0 Å². The van der Waals surface area contributed by atoms with Gasteiger partial charge < -0.3 is 20.5 Å². The predicted molar refractivity (Wildman–Crippen MR) is 120 cm³/mol. The average Bonchev–Trinajstić information content (AvgIpc) is 3.09. The summed E-state index contributed by atoms with van der Waals surface area (Å²) in [7, 11) is 0. The number of amides is 2. The number of fused-ring (bicyclic) bond motifs is 3. The van der Waals surface area contributed by atoms with Crippen molar-refractivity contribution in [1.82, 2.24) is 10.6 Å². The van der Waals surface area contributed by atoms with Gasteiger partial charge in [-0.1, -0.05) is 48.5 Å². The molecule has 0 heterocycles. The lowest BCUT2D eigenvalue weighted by atomic mass is 9.74. The van der Waals surface area contributed by atoms with Crippen LogP contribution in [0, 0.1) is 5.92 Å². The standard InChI is InChI=1S/C25H25F3N2O5/c26-25(27,28)20(22(33)30-24(10-5-11-24)12-21(31)32)13-29-23(34)35-14-19-17-8-3-1-6-15(17)16-7-2-4-9-18(16)19/h1-4,6-9,19-20H,5,10-14H2,(H,29,34)(H,30,33)(H,31,32). The van der Waals surface area contributed by atoms with Crippen LogP contribution >= 0.6 is 0 Å². The highest BCUT2D eigenvalue weighted by molar-refractivity contribution is 5.82. The van der Waals surface area contributed by atoms with Crippen molar-refractivity contribution in [2.24, 2.45) is 5.92 Å². The van der Waals surface area contributed by atoms with Crippen LogP contribution in [0.2, 0.25) is 0 Å². The molecule has 2 aromatic carbocycles. The van der Waals surface area contributed by atoms with E-state index in [1.165, 1.54) is 0 Å². The van der Waals surface area contributed by atoms with Gasteiger partial charge in [0.05, 0.1) is 12.0 Å². The number of aliphatic carboxylic acids is 1. The van der Waals surface area contributed by atoms with Gasteiger partial charge in [0.2, 0.25) is 5.91 Å². The topological polar surface area (TPSA) is 105 Å². The fourth-order valence-corrected chi connectivity index (χ4v) is 4.78. The molecule has 1 unspecified atom stereocenters. The van der Waals surface area contributed by atoms with E-state index in [2.05, 4.69) is 5.32 Å². The molecule has 7 nitrogen and oxygen atoms in total. The highest BCUT2D eigenvalue weighted by Crippen LogP contribution is 2.44. The number of ether oxygens (including phenoxy) is 1. The van der Waals surface area contributed by atoms with Gasteiger partial charge in [0.15, 0.2) is 5.92 Å². The summed E-state index contributed by atoms with van der Waals surface area (Å²) >= 11 is 0. The first kappa shape index (κ1) is 24.6. The van der Waals surface area contributed by atoms with Crippen LogP contribution in [0.3, 0.4) is 0 Å². The van der Waals surface area contributed by atoms with Crippen LogP contribution in [-0.2, 0) is 14.3 Å². The number of halogens is 3. The van der Waals surface area contributed by atoms with E-state index in [4.69, 9.17) is 9.84 Å². The van der Waals surface area contributed by atoms with Crippen LogP contribution in [-0.4, -0.2) is 47.9 Å². The molecule has 2 aliphatic carbocycles. The minimum Gasteiger partial charge on any atom is -0.481 e. The smallest absolute Gasteiger partial charge is 0.407 e. The zero-order valence-electron chi connectivity index (χ0n) is 18.7. The maximum absolute atomic E-state index is 13.6. The molecule has 10 heteroatoms. The Kier molecular flexibility index (Phi) is 6.73. The van der Waals surface area contributed by atoms with Gasteiger partial charge in [0.1, 0.15) is 6.61 Å². The summed E-state index contributed by atoms with van der Waals surface area (Å²) in [6, 6.07) is 15.3. The number of rotatable bonds is 8. The summed E-state index contributed by atoms with van der Waals surface area (Å²) in [5.74, 6) is -5.36. The molecular formula is C25H25F3N2O5. The van der Waals surface area contributed by atoms with Gasteiger partial charge in [0.25, 0.3) is 0 Å². The third-order valence-corrected chi connectivity index (χ3v) is 6.69. The highest BCUT2D eigenvalue weighted by Gasteiger charge is 2.49. The quantitative estimate of drug-likeness (QED) is 0.514. The Labute approximate surface area is 199 Å². The Balaban J connectivity index is 1.37.